The highest BCUT2D eigenvalue weighted by atomic mass is 19.1. The molecule has 0 saturated heterocycles. The van der Waals surface area contributed by atoms with Gasteiger partial charge < -0.3 is 10.2 Å². The van der Waals surface area contributed by atoms with Crippen LogP contribution in [-0.2, 0) is 16.0 Å². The highest BCUT2D eigenvalue weighted by Gasteiger charge is 2.27. The molecule has 112 valence electrons. The number of nitrogens with one attached hydrogen (secondary N) is 1. The van der Waals surface area contributed by atoms with Gasteiger partial charge in [-0.05, 0) is 48.7 Å². The van der Waals surface area contributed by atoms with E-state index in [4.69, 9.17) is 0 Å². The molecule has 5 heteroatoms. The Bertz CT molecular complexity index is 713. The molecule has 0 spiro atoms. The lowest BCUT2D eigenvalue weighted by Gasteiger charge is -2.28. The number of rotatable bonds is 1. The second-order valence-corrected chi connectivity index (χ2v) is 5.15. The van der Waals surface area contributed by atoms with Gasteiger partial charge in [0.05, 0.1) is 0 Å². The van der Waals surface area contributed by atoms with Crippen molar-refractivity contribution in [3.8, 4) is 0 Å². The summed E-state index contributed by atoms with van der Waals surface area (Å²) in [6, 6.07) is 12.9. The predicted molar refractivity (Wildman–Crippen MR) is 82.1 cm³/mol. The Balaban J connectivity index is 1.77. The van der Waals surface area contributed by atoms with Crippen molar-refractivity contribution in [1.29, 1.82) is 0 Å². The number of carbonyl (C=O) groups excluding carboxylic acids is 2. The van der Waals surface area contributed by atoms with Gasteiger partial charge in [0, 0.05) is 17.9 Å². The van der Waals surface area contributed by atoms with Crippen LogP contribution in [0.1, 0.15) is 12.0 Å². The number of hydrogen-bond donors (Lipinski definition) is 1. The van der Waals surface area contributed by atoms with Crippen LogP contribution >= 0.6 is 0 Å². The van der Waals surface area contributed by atoms with E-state index in [9.17, 15) is 14.0 Å². The number of anilines is 2. The van der Waals surface area contributed by atoms with Crippen molar-refractivity contribution < 1.29 is 14.0 Å². The summed E-state index contributed by atoms with van der Waals surface area (Å²) in [5.41, 5.74) is 2.25. The summed E-state index contributed by atoms with van der Waals surface area (Å²) in [7, 11) is 0. The zero-order valence-electron chi connectivity index (χ0n) is 11.9. The molecule has 0 saturated carbocycles. The van der Waals surface area contributed by atoms with Crippen LogP contribution in [0, 0.1) is 5.82 Å². The van der Waals surface area contributed by atoms with Crippen LogP contribution in [0.25, 0.3) is 0 Å². The zero-order valence-corrected chi connectivity index (χ0v) is 11.9. The number of benzene rings is 2. The van der Waals surface area contributed by atoms with Crippen molar-refractivity contribution >= 4 is 23.2 Å². The molecule has 0 atom stereocenters. The van der Waals surface area contributed by atoms with E-state index in [1.54, 1.807) is 0 Å². The Morgan fingerprint density at radius 2 is 1.77 bits per heavy atom. The van der Waals surface area contributed by atoms with Gasteiger partial charge in [0.1, 0.15) is 5.82 Å². The molecule has 2 aromatic rings. The molecule has 1 aliphatic rings. The second-order valence-electron chi connectivity index (χ2n) is 5.15. The molecular formula is C17H15FN2O2. The quantitative estimate of drug-likeness (QED) is 0.823. The van der Waals surface area contributed by atoms with Crippen LogP contribution in [0.15, 0.2) is 48.5 Å². The minimum Gasteiger partial charge on any atom is -0.318 e. The van der Waals surface area contributed by atoms with Crippen molar-refractivity contribution in [1.82, 2.24) is 0 Å². The Hall–Kier alpha value is -2.69. The molecule has 0 fully saturated rings. The van der Waals surface area contributed by atoms with Gasteiger partial charge in [0.15, 0.2) is 0 Å². The van der Waals surface area contributed by atoms with Crippen LogP contribution in [0.2, 0.25) is 0 Å². The number of hydrogen-bond acceptors (Lipinski definition) is 2. The number of nitrogens with zero attached hydrogens (tertiary/aromatic N) is 1. The Morgan fingerprint density at radius 1 is 1.05 bits per heavy atom. The van der Waals surface area contributed by atoms with Gasteiger partial charge in [-0.15, -0.1) is 0 Å². The number of amides is 2. The third-order valence-corrected chi connectivity index (χ3v) is 3.65. The summed E-state index contributed by atoms with van der Waals surface area (Å²) >= 11 is 0. The third kappa shape index (κ3) is 2.83. The molecule has 1 N–H and O–H groups in total. The average molecular weight is 298 g/mol. The molecule has 2 amide bonds. The summed E-state index contributed by atoms with van der Waals surface area (Å²) in [5.74, 6) is -1.71. The third-order valence-electron chi connectivity index (χ3n) is 3.65. The predicted octanol–water partition coefficient (Wildman–Crippen LogP) is 2.74. The van der Waals surface area contributed by atoms with Crippen LogP contribution in [0.5, 0.6) is 0 Å². The van der Waals surface area contributed by atoms with Crippen LogP contribution in [0.3, 0.4) is 0 Å². The van der Waals surface area contributed by atoms with E-state index in [0.717, 1.165) is 24.1 Å². The lowest BCUT2D eigenvalue weighted by atomic mass is 10.0. The molecule has 4 nitrogen and oxygen atoms in total. The molecule has 0 aliphatic carbocycles. The molecule has 0 bridgehead atoms. The first-order chi connectivity index (χ1) is 10.6. The van der Waals surface area contributed by atoms with Crippen LogP contribution in [0.4, 0.5) is 15.8 Å². The average Bonchev–Trinajstić information content (AvgIpc) is 2.55. The van der Waals surface area contributed by atoms with E-state index in [1.807, 2.05) is 24.3 Å². The van der Waals surface area contributed by atoms with Crippen molar-refractivity contribution in [2.75, 3.05) is 16.8 Å². The summed E-state index contributed by atoms with van der Waals surface area (Å²) < 4.78 is 12.9. The lowest BCUT2D eigenvalue weighted by molar-refractivity contribution is -0.134. The van der Waals surface area contributed by atoms with Crippen molar-refractivity contribution in [3.05, 3.63) is 59.9 Å². The highest BCUT2D eigenvalue weighted by molar-refractivity contribution is 6.44. The van der Waals surface area contributed by atoms with Gasteiger partial charge in [-0.2, -0.15) is 0 Å². The maximum Gasteiger partial charge on any atom is 0.316 e. The first-order valence-corrected chi connectivity index (χ1v) is 7.11. The van der Waals surface area contributed by atoms with Crippen molar-refractivity contribution in [3.63, 3.8) is 0 Å². The molecule has 2 aromatic carbocycles. The molecule has 0 radical (unpaired) electrons. The molecule has 1 heterocycles. The van der Waals surface area contributed by atoms with Crippen molar-refractivity contribution in [2.45, 2.75) is 12.8 Å². The van der Waals surface area contributed by atoms with E-state index in [1.165, 1.54) is 29.2 Å². The molecule has 0 unspecified atom stereocenters. The number of aryl methyl sites for hydroxylation is 1. The van der Waals surface area contributed by atoms with Gasteiger partial charge in [0.25, 0.3) is 0 Å². The maximum absolute atomic E-state index is 12.9. The van der Waals surface area contributed by atoms with E-state index < -0.39 is 17.6 Å². The van der Waals surface area contributed by atoms with E-state index >= 15 is 0 Å². The van der Waals surface area contributed by atoms with E-state index in [0.29, 0.717) is 12.2 Å². The number of halogens is 1. The van der Waals surface area contributed by atoms with Gasteiger partial charge in [-0.25, -0.2) is 4.39 Å². The largest absolute Gasteiger partial charge is 0.318 e. The smallest absolute Gasteiger partial charge is 0.316 e. The summed E-state index contributed by atoms with van der Waals surface area (Å²) in [4.78, 5) is 26.0. The minimum absolute atomic E-state index is 0.394. The van der Waals surface area contributed by atoms with Crippen molar-refractivity contribution in [2.24, 2.45) is 0 Å². The molecule has 1 aliphatic heterocycles. The van der Waals surface area contributed by atoms with Crippen LogP contribution in [-0.4, -0.2) is 18.4 Å². The fourth-order valence-corrected chi connectivity index (χ4v) is 2.58. The topological polar surface area (TPSA) is 49.4 Å². The molecule has 3 rings (SSSR count). The van der Waals surface area contributed by atoms with E-state index in [2.05, 4.69) is 5.32 Å². The van der Waals surface area contributed by atoms with Gasteiger partial charge in [-0.1, -0.05) is 18.2 Å². The fraction of sp³-hybridized carbons (Fsp3) is 0.176. The van der Waals surface area contributed by atoms with Gasteiger partial charge in [-0.3, -0.25) is 9.59 Å². The first-order valence-electron chi connectivity index (χ1n) is 7.11. The number of fused-ring (bicyclic) bond motifs is 1. The Morgan fingerprint density at radius 3 is 2.55 bits per heavy atom. The fourth-order valence-electron chi connectivity index (χ4n) is 2.58. The maximum atomic E-state index is 12.9. The van der Waals surface area contributed by atoms with Crippen LogP contribution < -0.4 is 10.2 Å². The molecule has 22 heavy (non-hydrogen) atoms. The standard InChI is InChI=1S/C17H15FN2O2/c18-13-7-9-14(10-8-13)19-16(21)17(22)20-11-3-5-12-4-1-2-6-15(12)20/h1-2,4,6-10H,3,5,11H2,(H,19,21). The number of para-hydroxylation sites is 1. The molecular weight excluding hydrogens is 283 g/mol. The summed E-state index contributed by atoms with van der Waals surface area (Å²) in [6.45, 7) is 0.521. The normalized spacial score (nSPS) is 13.4. The van der Waals surface area contributed by atoms with Gasteiger partial charge >= 0.3 is 11.8 Å². The lowest BCUT2D eigenvalue weighted by Crippen LogP contribution is -2.42. The summed E-state index contributed by atoms with van der Waals surface area (Å²) in [6.07, 6.45) is 1.73. The zero-order chi connectivity index (χ0) is 15.5. The monoisotopic (exact) mass is 298 g/mol. The molecule has 0 aromatic heterocycles. The highest BCUT2D eigenvalue weighted by Crippen LogP contribution is 2.26. The Labute approximate surface area is 127 Å². The second kappa shape index (κ2) is 5.97. The minimum atomic E-state index is -0.719. The SMILES string of the molecule is O=C(Nc1ccc(F)cc1)C(=O)N1CCCc2ccccc21. The summed E-state index contributed by atoms with van der Waals surface area (Å²) in [5, 5.41) is 2.50. The first kappa shape index (κ1) is 14.3. The Kier molecular flexibility index (Phi) is 3.87. The van der Waals surface area contributed by atoms with Gasteiger partial charge in [0.2, 0.25) is 0 Å². The number of carbonyl (C=O) groups is 2. The van der Waals surface area contributed by atoms with E-state index in [-0.39, 0.29) is 0 Å².